The van der Waals surface area contributed by atoms with Crippen LogP contribution in [0.3, 0.4) is 0 Å². The highest BCUT2D eigenvalue weighted by Crippen LogP contribution is 2.36. The quantitative estimate of drug-likeness (QED) is 0.807. The molecule has 1 atom stereocenters. The summed E-state index contributed by atoms with van der Waals surface area (Å²) in [5.74, 6) is 0.763. The molecule has 2 aromatic rings. The number of ether oxygens (including phenoxy) is 1. The fraction of sp³-hybridized carbons (Fsp3) is 0.381. The molecule has 1 heterocycles. The fourth-order valence-electron chi connectivity index (χ4n) is 3.54. The second-order valence-corrected chi connectivity index (χ2v) is 7.47. The van der Waals surface area contributed by atoms with Crippen LogP contribution in [0.15, 0.2) is 42.5 Å². The molecule has 4 heteroatoms. The molecule has 130 valence electrons. The summed E-state index contributed by atoms with van der Waals surface area (Å²) in [4.78, 5) is 14.7. The van der Waals surface area contributed by atoms with Crippen LogP contribution in [-0.4, -0.2) is 36.6 Å². The lowest BCUT2D eigenvalue weighted by atomic mass is 9.99. The number of amides is 1. The van der Waals surface area contributed by atoms with Crippen LogP contribution in [0.4, 0.5) is 0 Å². The summed E-state index contributed by atoms with van der Waals surface area (Å²) in [5.41, 5.74) is 4.12. The lowest BCUT2D eigenvalue weighted by Gasteiger charge is -2.33. The molecular formula is C21H22ClNO2. The normalized spacial score (nSPS) is 20.6. The molecule has 25 heavy (non-hydrogen) atoms. The maximum absolute atomic E-state index is 12.8. The van der Waals surface area contributed by atoms with Gasteiger partial charge < -0.3 is 9.64 Å². The molecule has 1 saturated heterocycles. The standard InChI is InChI=1S/C21H22ClNO2/c1-14-12-18(22)8-9-19(14)15-2-6-17(7-3-15)21(24)23-10-11-25-20(13-23)16-4-5-16/h2-3,6-9,12,16,20H,4-5,10-11,13H2,1H3/t20-/m0/s1. The SMILES string of the molecule is Cc1cc(Cl)ccc1-c1ccc(C(=O)N2CCO[C@H](C3CC3)C2)cc1. The number of morpholine rings is 1. The van der Waals surface area contributed by atoms with Crippen molar-refractivity contribution in [2.75, 3.05) is 19.7 Å². The lowest BCUT2D eigenvalue weighted by Crippen LogP contribution is -2.46. The van der Waals surface area contributed by atoms with Crippen LogP contribution in [0.2, 0.25) is 5.02 Å². The van der Waals surface area contributed by atoms with Gasteiger partial charge in [-0.05, 0) is 66.6 Å². The molecule has 1 aliphatic heterocycles. The van der Waals surface area contributed by atoms with Gasteiger partial charge in [-0.3, -0.25) is 4.79 Å². The van der Waals surface area contributed by atoms with Gasteiger partial charge in [-0.1, -0.05) is 29.8 Å². The van der Waals surface area contributed by atoms with Crippen molar-refractivity contribution < 1.29 is 9.53 Å². The zero-order chi connectivity index (χ0) is 17.4. The van der Waals surface area contributed by atoms with Gasteiger partial charge in [0.05, 0.1) is 12.7 Å². The molecule has 0 aromatic heterocycles. The van der Waals surface area contributed by atoms with Crippen molar-refractivity contribution in [2.24, 2.45) is 5.92 Å². The van der Waals surface area contributed by atoms with Crippen LogP contribution in [0.1, 0.15) is 28.8 Å². The highest BCUT2D eigenvalue weighted by Gasteiger charge is 2.36. The second-order valence-electron chi connectivity index (χ2n) is 7.03. The smallest absolute Gasteiger partial charge is 0.254 e. The molecule has 3 nitrogen and oxygen atoms in total. The first-order valence-electron chi connectivity index (χ1n) is 8.89. The van der Waals surface area contributed by atoms with Gasteiger partial charge in [0.25, 0.3) is 5.91 Å². The Morgan fingerprint density at radius 1 is 1.16 bits per heavy atom. The van der Waals surface area contributed by atoms with Gasteiger partial charge >= 0.3 is 0 Å². The molecule has 0 radical (unpaired) electrons. The van der Waals surface area contributed by atoms with Gasteiger partial charge in [0.1, 0.15) is 0 Å². The number of hydrogen-bond donors (Lipinski definition) is 0. The van der Waals surface area contributed by atoms with Crippen LogP contribution in [0, 0.1) is 12.8 Å². The minimum Gasteiger partial charge on any atom is -0.374 e. The Bertz CT molecular complexity index is 783. The van der Waals surface area contributed by atoms with E-state index in [0.717, 1.165) is 33.8 Å². The summed E-state index contributed by atoms with van der Waals surface area (Å²) in [6.07, 6.45) is 2.71. The minimum absolute atomic E-state index is 0.105. The Morgan fingerprint density at radius 2 is 1.92 bits per heavy atom. The van der Waals surface area contributed by atoms with E-state index in [1.54, 1.807) is 0 Å². The second kappa shape index (κ2) is 6.81. The first-order valence-corrected chi connectivity index (χ1v) is 9.27. The summed E-state index contributed by atoms with van der Waals surface area (Å²) in [7, 11) is 0. The van der Waals surface area contributed by atoms with Crippen molar-refractivity contribution in [3.05, 3.63) is 58.6 Å². The van der Waals surface area contributed by atoms with Crippen molar-refractivity contribution in [2.45, 2.75) is 25.9 Å². The zero-order valence-corrected chi connectivity index (χ0v) is 15.1. The van der Waals surface area contributed by atoms with E-state index in [9.17, 15) is 4.79 Å². The summed E-state index contributed by atoms with van der Waals surface area (Å²) < 4.78 is 5.81. The van der Waals surface area contributed by atoms with Gasteiger partial charge in [-0.15, -0.1) is 0 Å². The lowest BCUT2D eigenvalue weighted by molar-refractivity contribution is -0.0313. The maximum Gasteiger partial charge on any atom is 0.254 e. The largest absolute Gasteiger partial charge is 0.374 e. The molecule has 2 fully saturated rings. The van der Waals surface area contributed by atoms with Crippen molar-refractivity contribution in [3.63, 3.8) is 0 Å². The number of rotatable bonds is 3. The number of carbonyl (C=O) groups is 1. The van der Waals surface area contributed by atoms with E-state index >= 15 is 0 Å². The summed E-state index contributed by atoms with van der Waals surface area (Å²) in [6, 6.07) is 13.8. The molecule has 1 amide bonds. The van der Waals surface area contributed by atoms with Crippen molar-refractivity contribution in [1.82, 2.24) is 4.90 Å². The third-order valence-electron chi connectivity index (χ3n) is 5.16. The first kappa shape index (κ1) is 16.6. The molecule has 4 rings (SSSR count). The van der Waals surface area contributed by atoms with Gasteiger partial charge in [0.2, 0.25) is 0 Å². The van der Waals surface area contributed by atoms with Crippen molar-refractivity contribution in [3.8, 4) is 11.1 Å². The Labute approximate surface area is 153 Å². The number of carbonyl (C=O) groups excluding carboxylic acids is 1. The van der Waals surface area contributed by atoms with Crippen molar-refractivity contribution >= 4 is 17.5 Å². The number of nitrogens with zero attached hydrogens (tertiary/aromatic N) is 1. The van der Waals surface area contributed by atoms with E-state index in [0.29, 0.717) is 19.1 Å². The molecule has 0 spiro atoms. The Balaban J connectivity index is 1.50. The van der Waals surface area contributed by atoms with Crippen LogP contribution in [0.25, 0.3) is 11.1 Å². The number of benzene rings is 2. The van der Waals surface area contributed by atoms with Crippen LogP contribution < -0.4 is 0 Å². The predicted molar refractivity (Wildman–Crippen MR) is 100.0 cm³/mol. The molecule has 1 aliphatic carbocycles. The zero-order valence-electron chi connectivity index (χ0n) is 14.4. The molecule has 0 N–H and O–H groups in total. The summed E-state index contributed by atoms with van der Waals surface area (Å²) >= 11 is 6.04. The Morgan fingerprint density at radius 3 is 2.60 bits per heavy atom. The van der Waals surface area contributed by atoms with Crippen molar-refractivity contribution in [1.29, 1.82) is 0 Å². The average Bonchev–Trinajstić information content (AvgIpc) is 3.47. The molecule has 0 unspecified atom stereocenters. The van der Waals surface area contributed by atoms with Gasteiger partial charge in [0, 0.05) is 23.7 Å². The summed E-state index contributed by atoms with van der Waals surface area (Å²) in [6.45, 7) is 4.10. The van der Waals surface area contributed by atoms with E-state index in [-0.39, 0.29) is 12.0 Å². The fourth-order valence-corrected chi connectivity index (χ4v) is 3.77. The van der Waals surface area contributed by atoms with Crippen LogP contribution >= 0.6 is 11.6 Å². The average molecular weight is 356 g/mol. The number of hydrogen-bond acceptors (Lipinski definition) is 2. The number of aryl methyl sites for hydroxylation is 1. The van der Waals surface area contributed by atoms with E-state index in [1.165, 1.54) is 12.8 Å². The first-order chi connectivity index (χ1) is 12.1. The van der Waals surface area contributed by atoms with E-state index in [1.807, 2.05) is 54.3 Å². The Kier molecular flexibility index (Phi) is 4.53. The third-order valence-corrected chi connectivity index (χ3v) is 5.39. The van der Waals surface area contributed by atoms with E-state index in [4.69, 9.17) is 16.3 Å². The molecular weight excluding hydrogens is 334 g/mol. The highest BCUT2D eigenvalue weighted by atomic mass is 35.5. The molecule has 0 bridgehead atoms. The van der Waals surface area contributed by atoms with E-state index in [2.05, 4.69) is 0 Å². The van der Waals surface area contributed by atoms with Crippen LogP contribution in [-0.2, 0) is 4.74 Å². The molecule has 2 aromatic carbocycles. The van der Waals surface area contributed by atoms with Gasteiger partial charge in [-0.25, -0.2) is 0 Å². The van der Waals surface area contributed by atoms with Gasteiger partial charge in [0.15, 0.2) is 0 Å². The minimum atomic E-state index is 0.105. The summed E-state index contributed by atoms with van der Waals surface area (Å²) in [5, 5.41) is 0.741. The number of halogens is 1. The third kappa shape index (κ3) is 3.58. The van der Waals surface area contributed by atoms with Crippen LogP contribution in [0.5, 0.6) is 0 Å². The molecule has 2 aliphatic rings. The molecule has 1 saturated carbocycles. The monoisotopic (exact) mass is 355 g/mol. The van der Waals surface area contributed by atoms with Gasteiger partial charge in [-0.2, -0.15) is 0 Å². The maximum atomic E-state index is 12.8. The topological polar surface area (TPSA) is 29.5 Å². The Hall–Kier alpha value is -1.84. The highest BCUT2D eigenvalue weighted by molar-refractivity contribution is 6.30. The predicted octanol–water partition coefficient (Wildman–Crippen LogP) is 4.57. The van der Waals surface area contributed by atoms with E-state index < -0.39 is 0 Å².